The highest BCUT2D eigenvalue weighted by Crippen LogP contribution is 1.92. The van der Waals surface area contributed by atoms with Crippen LogP contribution < -0.4 is 10.9 Å². The normalized spacial score (nSPS) is 21.4. The zero-order valence-corrected chi connectivity index (χ0v) is 4.79. The van der Waals surface area contributed by atoms with E-state index in [1.165, 1.54) is 0 Å². The molecule has 0 spiro atoms. The Bertz CT molecular complexity index is 73.8. The van der Waals surface area contributed by atoms with E-state index in [4.69, 9.17) is 12.2 Å². The molecule has 3 heteroatoms. The number of nitrogens with zero attached hydrogens (tertiary/aromatic N) is 1. The SMILES string of the molecule is S=C1CCC[N]N1. The number of nitrogens with one attached hydrogen (secondary N) is 1. The van der Waals surface area contributed by atoms with E-state index >= 15 is 0 Å². The van der Waals surface area contributed by atoms with Crippen LogP contribution in [0.4, 0.5) is 0 Å². The van der Waals surface area contributed by atoms with Crippen LogP contribution in [0.25, 0.3) is 0 Å². The predicted molar refractivity (Wildman–Crippen MR) is 32.0 cm³/mol. The fourth-order valence-corrected chi connectivity index (χ4v) is 0.728. The number of thiocarbonyl (C=S) groups is 1. The molecule has 0 amide bonds. The lowest BCUT2D eigenvalue weighted by Crippen LogP contribution is -2.35. The van der Waals surface area contributed by atoms with Gasteiger partial charge in [0, 0.05) is 13.0 Å². The van der Waals surface area contributed by atoms with Gasteiger partial charge < -0.3 is 0 Å². The summed E-state index contributed by atoms with van der Waals surface area (Å²) in [5.74, 6) is 0. The van der Waals surface area contributed by atoms with Crippen molar-refractivity contribution in [1.29, 1.82) is 0 Å². The summed E-state index contributed by atoms with van der Waals surface area (Å²) in [5, 5.41) is 0. The van der Waals surface area contributed by atoms with Gasteiger partial charge in [-0.3, -0.25) is 5.43 Å². The molecule has 0 saturated carbocycles. The van der Waals surface area contributed by atoms with Crippen LogP contribution in [-0.2, 0) is 0 Å². The van der Waals surface area contributed by atoms with E-state index in [9.17, 15) is 0 Å². The molecular formula is C4H7N2S. The van der Waals surface area contributed by atoms with Crippen molar-refractivity contribution >= 4 is 17.2 Å². The highest BCUT2D eigenvalue weighted by Gasteiger charge is 2.01. The first-order valence-electron chi connectivity index (χ1n) is 2.35. The minimum atomic E-state index is 0.881. The van der Waals surface area contributed by atoms with E-state index in [1.54, 1.807) is 0 Å². The second-order valence-corrected chi connectivity index (χ2v) is 2.01. The van der Waals surface area contributed by atoms with E-state index in [2.05, 4.69) is 10.9 Å². The van der Waals surface area contributed by atoms with Crippen molar-refractivity contribution in [2.24, 2.45) is 0 Å². The van der Waals surface area contributed by atoms with Crippen LogP contribution in [0.15, 0.2) is 0 Å². The van der Waals surface area contributed by atoms with Crippen molar-refractivity contribution in [2.45, 2.75) is 12.8 Å². The van der Waals surface area contributed by atoms with Crippen LogP contribution in [0, 0.1) is 0 Å². The average molecular weight is 115 g/mol. The fraction of sp³-hybridized carbons (Fsp3) is 0.750. The Morgan fingerprint density at radius 2 is 2.57 bits per heavy atom. The molecule has 1 rings (SSSR count). The van der Waals surface area contributed by atoms with Crippen LogP contribution in [0.5, 0.6) is 0 Å². The third-order valence-corrected chi connectivity index (χ3v) is 1.17. The molecule has 0 aromatic rings. The molecule has 0 unspecified atom stereocenters. The smallest absolute Gasteiger partial charge is 0.0909 e. The van der Waals surface area contributed by atoms with Crippen molar-refractivity contribution in [3.63, 3.8) is 0 Å². The summed E-state index contributed by atoms with van der Waals surface area (Å²) in [7, 11) is 0. The topological polar surface area (TPSA) is 26.1 Å². The highest BCUT2D eigenvalue weighted by molar-refractivity contribution is 7.80. The van der Waals surface area contributed by atoms with Gasteiger partial charge in [-0.2, -0.15) is 0 Å². The quantitative estimate of drug-likeness (QED) is 0.457. The van der Waals surface area contributed by atoms with Crippen molar-refractivity contribution < 1.29 is 0 Å². The molecular weight excluding hydrogens is 108 g/mol. The van der Waals surface area contributed by atoms with Gasteiger partial charge in [0.1, 0.15) is 0 Å². The molecule has 39 valence electrons. The van der Waals surface area contributed by atoms with E-state index < -0.39 is 0 Å². The molecule has 0 aromatic carbocycles. The van der Waals surface area contributed by atoms with Gasteiger partial charge in [-0.25, -0.2) is 0 Å². The Balaban J connectivity index is 2.25. The average Bonchev–Trinajstić information content (AvgIpc) is 1.69. The summed E-state index contributed by atoms with van der Waals surface area (Å²) in [6, 6.07) is 0. The maximum absolute atomic E-state index is 4.80. The van der Waals surface area contributed by atoms with Crippen molar-refractivity contribution in [3.8, 4) is 0 Å². The van der Waals surface area contributed by atoms with Crippen molar-refractivity contribution in [2.75, 3.05) is 6.54 Å². The van der Waals surface area contributed by atoms with Gasteiger partial charge in [0.25, 0.3) is 0 Å². The van der Waals surface area contributed by atoms with Crippen LogP contribution >= 0.6 is 12.2 Å². The Morgan fingerprint density at radius 1 is 1.71 bits per heavy atom. The molecule has 2 nitrogen and oxygen atoms in total. The van der Waals surface area contributed by atoms with Crippen LogP contribution in [-0.4, -0.2) is 11.5 Å². The van der Waals surface area contributed by atoms with Gasteiger partial charge in [0.15, 0.2) is 0 Å². The molecule has 1 heterocycles. The molecule has 1 radical (unpaired) electrons. The zero-order valence-electron chi connectivity index (χ0n) is 3.98. The zero-order chi connectivity index (χ0) is 5.11. The summed E-state index contributed by atoms with van der Waals surface area (Å²) in [4.78, 5) is 0.881. The van der Waals surface area contributed by atoms with Crippen molar-refractivity contribution in [1.82, 2.24) is 10.9 Å². The largest absolute Gasteiger partial charge is 0.298 e. The van der Waals surface area contributed by atoms with Crippen LogP contribution in [0.2, 0.25) is 0 Å². The van der Waals surface area contributed by atoms with Crippen molar-refractivity contribution in [3.05, 3.63) is 0 Å². The molecule has 1 aliphatic rings. The Morgan fingerprint density at radius 3 is 2.86 bits per heavy atom. The molecule has 7 heavy (non-hydrogen) atoms. The molecule has 0 aliphatic carbocycles. The fourth-order valence-electron chi connectivity index (χ4n) is 0.519. The summed E-state index contributed by atoms with van der Waals surface area (Å²) in [6.45, 7) is 0.917. The number of hydrogen-bond donors (Lipinski definition) is 1. The first kappa shape index (κ1) is 5.00. The minimum absolute atomic E-state index is 0.881. The second-order valence-electron chi connectivity index (χ2n) is 1.52. The van der Waals surface area contributed by atoms with Gasteiger partial charge in [-0.15, -0.1) is 5.43 Å². The van der Waals surface area contributed by atoms with E-state index in [0.717, 1.165) is 24.4 Å². The third kappa shape index (κ3) is 1.41. The van der Waals surface area contributed by atoms with Gasteiger partial charge in [0.05, 0.1) is 4.99 Å². The summed E-state index contributed by atoms with van der Waals surface area (Å²) < 4.78 is 0. The Kier molecular flexibility index (Phi) is 1.59. The lowest BCUT2D eigenvalue weighted by molar-refractivity contribution is 0.573. The first-order chi connectivity index (χ1) is 3.39. The molecule has 0 bridgehead atoms. The molecule has 1 aliphatic heterocycles. The monoisotopic (exact) mass is 115 g/mol. The van der Waals surface area contributed by atoms with Crippen LogP contribution in [0.3, 0.4) is 0 Å². The van der Waals surface area contributed by atoms with Crippen LogP contribution in [0.1, 0.15) is 12.8 Å². The van der Waals surface area contributed by atoms with Gasteiger partial charge >= 0.3 is 0 Å². The van der Waals surface area contributed by atoms with Gasteiger partial charge in [0.2, 0.25) is 0 Å². The minimum Gasteiger partial charge on any atom is -0.298 e. The standard InChI is InChI=1S/C4H7N2S/c7-4-2-1-3-5-6-4/h1-3H2,(H,6,7). The van der Waals surface area contributed by atoms with Gasteiger partial charge in [-0.1, -0.05) is 12.2 Å². The Hall–Kier alpha value is -0.150. The lowest BCUT2D eigenvalue weighted by atomic mass is 10.3. The molecule has 0 atom stereocenters. The molecule has 1 saturated heterocycles. The number of rotatable bonds is 0. The Labute approximate surface area is 48.3 Å². The number of hydrogen-bond acceptors (Lipinski definition) is 1. The van der Waals surface area contributed by atoms with E-state index in [0.29, 0.717) is 0 Å². The van der Waals surface area contributed by atoms with E-state index in [-0.39, 0.29) is 0 Å². The maximum atomic E-state index is 4.80. The molecule has 1 fully saturated rings. The summed E-state index contributed by atoms with van der Waals surface area (Å²) >= 11 is 4.80. The highest BCUT2D eigenvalue weighted by atomic mass is 32.1. The van der Waals surface area contributed by atoms with Gasteiger partial charge in [-0.05, 0) is 6.42 Å². The third-order valence-electron chi connectivity index (χ3n) is 0.878. The first-order valence-corrected chi connectivity index (χ1v) is 2.76. The summed E-state index contributed by atoms with van der Waals surface area (Å²) in [5.41, 5.74) is 6.61. The molecule has 0 aromatic heterocycles. The second kappa shape index (κ2) is 2.23. The summed E-state index contributed by atoms with van der Waals surface area (Å²) in [6.07, 6.45) is 2.13. The van der Waals surface area contributed by atoms with E-state index in [1.807, 2.05) is 0 Å². The lowest BCUT2D eigenvalue weighted by Gasteiger charge is -2.11. The maximum Gasteiger partial charge on any atom is 0.0909 e. The predicted octanol–water partition coefficient (Wildman–Crippen LogP) is 0.217. The molecule has 1 N–H and O–H groups in total.